The molecule has 2 nitrogen and oxygen atoms in total. The monoisotopic (exact) mass is 258 g/mol. The number of ether oxygens (including phenoxy) is 2. The van der Waals surface area contributed by atoms with Crippen molar-refractivity contribution in [1.29, 1.82) is 0 Å². The molecule has 0 heterocycles. The van der Waals surface area contributed by atoms with Gasteiger partial charge in [-0.1, -0.05) is 34.1 Å². The van der Waals surface area contributed by atoms with Crippen LogP contribution in [0.4, 0.5) is 0 Å². The minimum absolute atomic E-state index is 0.307. The topological polar surface area (TPSA) is 18.5 Å². The van der Waals surface area contributed by atoms with Gasteiger partial charge in [-0.25, -0.2) is 0 Å². The van der Waals surface area contributed by atoms with E-state index in [9.17, 15) is 0 Å². The molecule has 1 unspecified atom stereocenters. The maximum atomic E-state index is 5.58. The van der Waals surface area contributed by atoms with E-state index in [1.165, 1.54) is 5.56 Å². The van der Waals surface area contributed by atoms with Crippen molar-refractivity contribution in [2.75, 3.05) is 20.3 Å². The quantitative estimate of drug-likeness (QED) is 0.597. The lowest BCUT2D eigenvalue weighted by molar-refractivity contribution is 0.146. The number of hydrogen-bond acceptors (Lipinski definition) is 2. The van der Waals surface area contributed by atoms with Crippen molar-refractivity contribution in [3.8, 4) is 5.75 Å². The molecule has 0 saturated heterocycles. The Balaban J connectivity index is 2.64. The van der Waals surface area contributed by atoms with Gasteiger partial charge in [-0.3, -0.25) is 0 Å². The fourth-order valence-corrected chi connectivity index (χ4v) is 1.55. The van der Waals surface area contributed by atoms with Gasteiger partial charge in [0.15, 0.2) is 0 Å². The zero-order valence-electron chi connectivity index (χ0n) is 8.50. The number of methoxy groups -OCH3 is 1. The van der Waals surface area contributed by atoms with Gasteiger partial charge in [0.25, 0.3) is 0 Å². The highest BCUT2D eigenvalue weighted by atomic mass is 79.9. The van der Waals surface area contributed by atoms with Gasteiger partial charge in [-0.2, -0.15) is 0 Å². The smallest absolute Gasteiger partial charge is 0.123 e. The van der Waals surface area contributed by atoms with Gasteiger partial charge in [0, 0.05) is 17.5 Å². The van der Waals surface area contributed by atoms with Gasteiger partial charge >= 0.3 is 0 Å². The van der Waals surface area contributed by atoms with Crippen LogP contribution in [-0.2, 0) is 4.74 Å². The Bertz CT molecular complexity index is 274. The van der Waals surface area contributed by atoms with E-state index in [0.29, 0.717) is 18.0 Å². The van der Waals surface area contributed by atoms with Gasteiger partial charge in [-0.05, 0) is 13.0 Å². The summed E-state index contributed by atoms with van der Waals surface area (Å²) in [6.07, 6.45) is 0. The molecule has 0 fully saturated rings. The molecule has 0 bridgehead atoms. The average molecular weight is 259 g/mol. The normalized spacial score (nSPS) is 12.5. The Morgan fingerprint density at radius 1 is 1.29 bits per heavy atom. The number of para-hydroxylation sites is 1. The molecule has 0 N–H and O–H groups in total. The fraction of sp³-hybridized carbons (Fsp3) is 0.455. The molecule has 0 aliphatic rings. The highest BCUT2D eigenvalue weighted by molar-refractivity contribution is 9.09. The Morgan fingerprint density at radius 2 is 2.00 bits per heavy atom. The molecule has 78 valence electrons. The summed E-state index contributed by atoms with van der Waals surface area (Å²) in [6, 6.07) is 8.02. The Labute approximate surface area is 93.4 Å². The van der Waals surface area contributed by atoms with Gasteiger partial charge in [0.05, 0.1) is 6.61 Å². The summed E-state index contributed by atoms with van der Waals surface area (Å²) in [7, 11) is 1.67. The summed E-state index contributed by atoms with van der Waals surface area (Å²) in [4.78, 5) is 0.307. The second-order valence-electron chi connectivity index (χ2n) is 3.00. The summed E-state index contributed by atoms with van der Waals surface area (Å²) in [5.74, 6) is 0.925. The maximum absolute atomic E-state index is 5.58. The first-order valence-corrected chi connectivity index (χ1v) is 5.52. The molecule has 1 atom stereocenters. The predicted octanol–water partition coefficient (Wildman–Crippen LogP) is 3.17. The molecule has 14 heavy (non-hydrogen) atoms. The van der Waals surface area contributed by atoms with Crippen LogP contribution in [0.1, 0.15) is 17.3 Å². The number of benzene rings is 1. The SMILES string of the molecule is COCCOc1ccccc1C(C)Br. The lowest BCUT2D eigenvalue weighted by Crippen LogP contribution is -2.05. The molecule has 1 rings (SSSR count). The van der Waals surface area contributed by atoms with Crippen molar-refractivity contribution < 1.29 is 9.47 Å². The summed E-state index contributed by atoms with van der Waals surface area (Å²) in [5.41, 5.74) is 1.17. The second-order valence-corrected chi connectivity index (χ2v) is 4.37. The summed E-state index contributed by atoms with van der Waals surface area (Å²) >= 11 is 3.53. The zero-order chi connectivity index (χ0) is 10.4. The second kappa shape index (κ2) is 6.04. The van der Waals surface area contributed by atoms with E-state index in [-0.39, 0.29) is 0 Å². The zero-order valence-corrected chi connectivity index (χ0v) is 10.1. The molecule has 0 aliphatic carbocycles. The Kier molecular flexibility index (Phi) is 4.98. The first kappa shape index (κ1) is 11.5. The van der Waals surface area contributed by atoms with Gasteiger partial charge in [-0.15, -0.1) is 0 Å². The number of alkyl halides is 1. The first-order valence-electron chi connectivity index (χ1n) is 4.60. The van der Waals surface area contributed by atoms with Crippen LogP contribution < -0.4 is 4.74 Å². The molecule has 0 spiro atoms. The molecule has 0 saturated carbocycles. The molecular formula is C11H15BrO2. The summed E-state index contributed by atoms with van der Waals surface area (Å²) < 4.78 is 10.5. The third kappa shape index (κ3) is 3.31. The van der Waals surface area contributed by atoms with Crippen LogP contribution in [0.2, 0.25) is 0 Å². The van der Waals surface area contributed by atoms with Crippen LogP contribution in [0.25, 0.3) is 0 Å². The Hall–Kier alpha value is -0.540. The van der Waals surface area contributed by atoms with Crippen LogP contribution in [0.15, 0.2) is 24.3 Å². The fourth-order valence-electron chi connectivity index (χ4n) is 1.18. The minimum Gasteiger partial charge on any atom is -0.491 e. The van der Waals surface area contributed by atoms with Gasteiger partial charge in [0.1, 0.15) is 12.4 Å². The summed E-state index contributed by atoms with van der Waals surface area (Å²) in [6.45, 7) is 3.29. The first-order chi connectivity index (χ1) is 6.75. The van der Waals surface area contributed by atoms with Crippen LogP contribution in [0, 0.1) is 0 Å². The van der Waals surface area contributed by atoms with Crippen molar-refractivity contribution in [3.05, 3.63) is 29.8 Å². The molecular weight excluding hydrogens is 244 g/mol. The molecule has 0 radical (unpaired) electrons. The van der Waals surface area contributed by atoms with E-state index in [2.05, 4.69) is 28.9 Å². The maximum Gasteiger partial charge on any atom is 0.123 e. The lowest BCUT2D eigenvalue weighted by Gasteiger charge is -2.12. The van der Waals surface area contributed by atoms with Crippen LogP contribution >= 0.6 is 15.9 Å². The lowest BCUT2D eigenvalue weighted by atomic mass is 10.1. The number of halogens is 1. The van der Waals surface area contributed by atoms with Crippen molar-refractivity contribution in [2.45, 2.75) is 11.8 Å². The molecule has 1 aromatic carbocycles. The molecule has 0 aromatic heterocycles. The molecule has 1 aromatic rings. The van der Waals surface area contributed by atoms with E-state index >= 15 is 0 Å². The van der Waals surface area contributed by atoms with E-state index in [1.807, 2.05) is 18.2 Å². The molecule has 3 heteroatoms. The van der Waals surface area contributed by atoms with Crippen LogP contribution in [0.3, 0.4) is 0 Å². The predicted molar refractivity (Wildman–Crippen MR) is 61.2 cm³/mol. The van der Waals surface area contributed by atoms with E-state index < -0.39 is 0 Å². The average Bonchev–Trinajstić information content (AvgIpc) is 2.19. The third-order valence-electron chi connectivity index (χ3n) is 1.89. The van der Waals surface area contributed by atoms with E-state index in [0.717, 1.165) is 5.75 Å². The summed E-state index contributed by atoms with van der Waals surface area (Å²) in [5, 5.41) is 0. The highest BCUT2D eigenvalue weighted by Gasteiger charge is 2.07. The van der Waals surface area contributed by atoms with Gasteiger partial charge < -0.3 is 9.47 Å². The van der Waals surface area contributed by atoms with Crippen molar-refractivity contribution in [3.63, 3.8) is 0 Å². The van der Waals surface area contributed by atoms with Crippen LogP contribution in [-0.4, -0.2) is 20.3 Å². The standard InChI is InChI=1S/C11H15BrO2/c1-9(12)10-5-3-4-6-11(10)14-8-7-13-2/h3-6,9H,7-8H2,1-2H3. The number of rotatable bonds is 5. The number of hydrogen-bond donors (Lipinski definition) is 0. The van der Waals surface area contributed by atoms with E-state index in [1.54, 1.807) is 7.11 Å². The highest BCUT2D eigenvalue weighted by Crippen LogP contribution is 2.30. The van der Waals surface area contributed by atoms with Crippen molar-refractivity contribution >= 4 is 15.9 Å². The van der Waals surface area contributed by atoms with E-state index in [4.69, 9.17) is 9.47 Å². The Morgan fingerprint density at radius 3 is 2.64 bits per heavy atom. The van der Waals surface area contributed by atoms with Gasteiger partial charge in [0.2, 0.25) is 0 Å². The minimum atomic E-state index is 0.307. The van der Waals surface area contributed by atoms with Crippen LogP contribution in [0.5, 0.6) is 5.75 Å². The molecule has 0 amide bonds. The molecule has 0 aliphatic heterocycles. The third-order valence-corrected chi connectivity index (χ3v) is 2.39. The largest absolute Gasteiger partial charge is 0.491 e. The van der Waals surface area contributed by atoms with Crippen molar-refractivity contribution in [1.82, 2.24) is 0 Å². The van der Waals surface area contributed by atoms with Crippen molar-refractivity contribution in [2.24, 2.45) is 0 Å².